The number of hydrogen-bond donors (Lipinski definition) is 1. The molecule has 6 nitrogen and oxygen atoms in total. The lowest BCUT2D eigenvalue weighted by molar-refractivity contribution is 0.526. The number of hydrogen-bond acceptors (Lipinski definition) is 4. The predicted octanol–water partition coefficient (Wildman–Crippen LogP) is 0.451. The van der Waals surface area contributed by atoms with Crippen molar-refractivity contribution >= 4 is 10.0 Å². The summed E-state index contributed by atoms with van der Waals surface area (Å²) in [6.07, 6.45) is 4.60. The first kappa shape index (κ1) is 15.2. The average Bonchev–Trinajstić information content (AvgIpc) is 2.39. The summed E-state index contributed by atoms with van der Waals surface area (Å²) < 4.78 is 26.9. The van der Waals surface area contributed by atoms with Crippen molar-refractivity contribution in [3.63, 3.8) is 0 Å². The minimum absolute atomic E-state index is 0.111. The summed E-state index contributed by atoms with van der Waals surface area (Å²) in [5.74, 6) is 0.111. The Bertz CT molecular complexity index is 622. The Morgan fingerprint density at radius 1 is 1.35 bits per heavy atom. The van der Waals surface area contributed by atoms with Gasteiger partial charge in [0.2, 0.25) is 10.0 Å². The third-order valence-corrected chi connectivity index (χ3v) is 4.98. The molecular weight excluding hydrogens is 278 g/mol. The number of aromatic nitrogens is 2. The molecular formula is C13H21N3O3S. The molecule has 0 aromatic carbocycles. The molecule has 1 aromatic rings. The molecule has 0 atom stereocenters. The van der Waals surface area contributed by atoms with Crippen LogP contribution in [0.5, 0.6) is 0 Å². The highest BCUT2D eigenvalue weighted by molar-refractivity contribution is 7.89. The van der Waals surface area contributed by atoms with Crippen molar-refractivity contribution in [2.75, 3.05) is 12.3 Å². The molecule has 1 aliphatic rings. The quantitative estimate of drug-likeness (QED) is 0.827. The van der Waals surface area contributed by atoms with Crippen LogP contribution < -0.4 is 10.3 Å². The summed E-state index contributed by atoms with van der Waals surface area (Å²) in [5.41, 5.74) is 1.87. The third-order valence-electron chi connectivity index (χ3n) is 3.39. The van der Waals surface area contributed by atoms with Crippen LogP contribution in [0.4, 0.5) is 0 Å². The number of nitrogens with zero attached hydrogens (tertiary/aromatic N) is 2. The Morgan fingerprint density at radius 3 is 2.85 bits per heavy atom. The van der Waals surface area contributed by atoms with Gasteiger partial charge >= 0.3 is 0 Å². The Hall–Kier alpha value is -1.21. The lowest BCUT2D eigenvalue weighted by Crippen LogP contribution is -2.34. The maximum absolute atomic E-state index is 11.9. The largest absolute Gasteiger partial charge is 0.268 e. The van der Waals surface area contributed by atoms with Crippen LogP contribution in [0.25, 0.3) is 0 Å². The highest BCUT2D eigenvalue weighted by Crippen LogP contribution is 2.16. The van der Waals surface area contributed by atoms with E-state index in [9.17, 15) is 13.2 Å². The summed E-state index contributed by atoms with van der Waals surface area (Å²) in [5, 5.41) is 4.35. The molecule has 0 saturated carbocycles. The summed E-state index contributed by atoms with van der Waals surface area (Å²) in [4.78, 5) is 11.9. The Balaban J connectivity index is 2.02. The molecule has 0 aliphatic heterocycles. The van der Waals surface area contributed by atoms with Gasteiger partial charge in [-0.1, -0.05) is 6.92 Å². The highest BCUT2D eigenvalue weighted by atomic mass is 32.2. The van der Waals surface area contributed by atoms with Gasteiger partial charge in [0.1, 0.15) is 0 Å². The summed E-state index contributed by atoms with van der Waals surface area (Å²) in [6.45, 7) is 2.29. The van der Waals surface area contributed by atoms with Crippen LogP contribution in [-0.2, 0) is 29.4 Å². The lowest BCUT2D eigenvalue weighted by Gasteiger charge is -2.16. The fourth-order valence-corrected chi connectivity index (χ4v) is 3.49. The van der Waals surface area contributed by atoms with Crippen molar-refractivity contribution in [1.82, 2.24) is 14.5 Å². The number of sulfonamides is 1. The van der Waals surface area contributed by atoms with Crippen LogP contribution in [0, 0.1) is 0 Å². The molecule has 0 radical (unpaired) electrons. The Kier molecular flexibility index (Phi) is 4.93. The Morgan fingerprint density at radius 2 is 2.10 bits per heavy atom. The molecule has 0 saturated heterocycles. The van der Waals surface area contributed by atoms with E-state index in [1.54, 1.807) is 6.07 Å². The van der Waals surface area contributed by atoms with Crippen molar-refractivity contribution in [2.24, 2.45) is 0 Å². The molecule has 0 spiro atoms. The van der Waals surface area contributed by atoms with Gasteiger partial charge in [0, 0.05) is 12.6 Å². The monoisotopic (exact) mass is 299 g/mol. The van der Waals surface area contributed by atoms with E-state index >= 15 is 0 Å². The number of fused-ring (bicyclic) bond motifs is 1. The first-order valence-corrected chi connectivity index (χ1v) is 8.74. The van der Waals surface area contributed by atoms with E-state index in [4.69, 9.17) is 0 Å². The molecule has 1 N–H and O–H groups in total. The second-order valence-electron chi connectivity index (χ2n) is 5.10. The van der Waals surface area contributed by atoms with Gasteiger partial charge in [-0.25, -0.2) is 17.8 Å². The first-order valence-electron chi connectivity index (χ1n) is 7.09. The second-order valence-corrected chi connectivity index (χ2v) is 7.02. The zero-order valence-electron chi connectivity index (χ0n) is 11.8. The van der Waals surface area contributed by atoms with E-state index in [0.29, 0.717) is 6.42 Å². The molecule has 7 heteroatoms. The van der Waals surface area contributed by atoms with Crippen molar-refractivity contribution in [2.45, 2.75) is 45.6 Å². The molecule has 0 bridgehead atoms. The normalized spacial score (nSPS) is 15.1. The lowest BCUT2D eigenvalue weighted by atomic mass is 9.97. The highest BCUT2D eigenvalue weighted by Gasteiger charge is 2.13. The molecule has 20 heavy (non-hydrogen) atoms. The minimum atomic E-state index is -3.23. The smallest absolute Gasteiger partial charge is 0.267 e. The van der Waals surface area contributed by atoms with E-state index in [0.717, 1.165) is 36.9 Å². The zero-order chi connectivity index (χ0) is 14.6. The van der Waals surface area contributed by atoms with Gasteiger partial charge in [-0.2, -0.15) is 5.10 Å². The van der Waals surface area contributed by atoms with E-state index in [1.807, 2.05) is 6.92 Å². The zero-order valence-corrected chi connectivity index (χ0v) is 12.6. The summed E-state index contributed by atoms with van der Waals surface area (Å²) >= 11 is 0. The summed E-state index contributed by atoms with van der Waals surface area (Å²) in [6, 6.07) is 1.64. The van der Waals surface area contributed by atoms with E-state index in [1.165, 1.54) is 4.68 Å². The van der Waals surface area contributed by atoms with Crippen LogP contribution >= 0.6 is 0 Å². The molecule has 112 valence electrons. The van der Waals surface area contributed by atoms with Gasteiger partial charge < -0.3 is 0 Å². The van der Waals surface area contributed by atoms with Gasteiger partial charge in [0.15, 0.2) is 0 Å². The van der Waals surface area contributed by atoms with E-state index < -0.39 is 10.0 Å². The van der Waals surface area contributed by atoms with Gasteiger partial charge in [-0.05, 0) is 37.7 Å². The fraction of sp³-hybridized carbons (Fsp3) is 0.692. The number of nitrogens with one attached hydrogen (secondary N) is 1. The SMILES string of the molecule is CCCS(=O)(=O)NCCn1nc2c(cc1=O)CCCC2. The third kappa shape index (κ3) is 3.89. The van der Waals surface area contributed by atoms with Crippen LogP contribution in [0.3, 0.4) is 0 Å². The van der Waals surface area contributed by atoms with E-state index in [-0.39, 0.29) is 24.4 Å². The molecule has 2 rings (SSSR count). The van der Waals surface area contributed by atoms with Crippen molar-refractivity contribution in [3.05, 3.63) is 27.7 Å². The van der Waals surface area contributed by atoms with Gasteiger partial charge in [-0.3, -0.25) is 4.79 Å². The predicted molar refractivity (Wildman–Crippen MR) is 77.2 cm³/mol. The van der Waals surface area contributed by atoms with Crippen LogP contribution in [0.2, 0.25) is 0 Å². The van der Waals surface area contributed by atoms with Crippen molar-refractivity contribution < 1.29 is 8.42 Å². The maximum Gasteiger partial charge on any atom is 0.267 e. The van der Waals surface area contributed by atoms with Crippen LogP contribution in [-0.4, -0.2) is 30.5 Å². The van der Waals surface area contributed by atoms with E-state index in [2.05, 4.69) is 9.82 Å². The summed E-state index contributed by atoms with van der Waals surface area (Å²) in [7, 11) is -3.23. The molecule has 1 aromatic heterocycles. The molecule has 0 amide bonds. The second kappa shape index (κ2) is 6.49. The van der Waals surface area contributed by atoms with Crippen molar-refractivity contribution in [1.29, 1.82) is 0 Å². The molecule has 0 fully saturated rings. The minimum Gasteiger partial charge on any atom is -0.268 e. The molecule has 1 aliphatic carbocycles. The van der Waals surface area contributed by atoms with Crippen LogP contribution in [0.15, 0.2) is 10.9 Å². The van der Waals surface area contributed by atoms with Crippen molar-refractivity contribution in [3.8, 4) is 0 Å². The van der Waals surface area contributed by atoms with Gasteiger partial charge in [0.05, 0.1) is 18.0 Å². The van der Waals surface area contributed by atoms with Gasteiger partial charge in [0.25, 0.3) is 5.56 Å². The Labute approximate surface area is 119 Å². The molecule has 0 unspecified atom stereocenters. The maximum atomic E-state index is 11.9. The fourth-order valence-electron chi connectivity index (χ4n) is 2.41. The standard InChI is InChI=1S/C13H21N3O3S/c1-2-9-20(18,19)14-7-8-16-13(17)10-11-5-3-4-6-12(11)15-16/h10,14H,2-9H2,1H3. The first-order chi connectivity index (χ1) is 9.52. The molecule has 1 heterocycles. The average molecular weight is 299 g/mol. The topological polar surface area (TPSA) is 81.1 Å². The van der Waals surface area contributed by atoms with Gasteiger partial charge in [-0.15, -0.1) is 0 Å². The number of rotatable bonds is 6. The number of aryl methyl sites for hydroxylation is 2. The van der Waals surface area contributed by atoms with Crippen LogP contribution in [0.1, 0.15) is 37.4 Å².